The van der Waals surface area contributed by atoms with Crippen LogP contribution in [0, 0.1) is 5.92 Å². The zero-order valence-corrected chi connectivity index (χ0v) is 14.8. The first kappa shape index (κ1) is 19.0. The van der Waals surface area contributed by atoms with Crippen molar-refractivity contribution in [2.75, 3.05) is 7.11 Å². The third-order valence-corrected chi connectivity index (χ3v) is 4.37. The summed E-state index contributed by atoms with van der Waals surface area (Å²) in [6.07, 6.45) is -1.21. The number of pyridine rings is 1. The van der Waals surface area contributed by atoms with Crippen molar-refractivity contribution in [3.63, 3.8) is 0 Å². The van der Waals surface area contributed by atoms with Crippen LogP contribution in [0.25, 0.3) is 11.1 Å². The number of carbonyl (C=O) groups excluding carboxylic acids is 1. The number of nitrogens with zero attached hydrogens (tertiary/aromatic N) is 1. The lowest BCUT2D eigenvalue weighted by atomic mass is 10.0. The molecule has 1 aliphatic carbocycles. The Hall–Kier alpha value is -2.77. The Kier molecular flexibility index (Phi) is 5.25. The molecule has 8 heteroatoms. The molecular weight excluding hydrogens is 361 g/mol. The van der Waals surface area contributed by atoms with Crippen LogP contribution in [-0.2, 0) is 0 Å². The van der Waals surface area contributed by atoms with Crippen LogP contribution in [0.3, 0.4) is 0 Å². The molecule has 0 unspecified atom stereocenters. The Labute approximate surface area is 154 Å². The van der Waals surface area contributed by atoms with Gasteiger partial charge in [0, 0.05) is 17.8 Å². The highest BCUT2D eigenvalue weighted by molar-refractivity contribution is 5.95. The molecule has 27 heavy (non-hydrogen) atoms. The summed E-state index contributed by atoms with van der Waals surface area (Å²) in [5.41, 5.74) is 1.10. The highest BCUT2D eigenvalue weighted by Gasteiger charge is 2.31. The van der Waals surface area contributed by atoms with Crippen LogP contribution in [-0.4, -0.2) is 30.4 Å². The van der Waals surface area contributed by atoms with E-state index in [2.05, 4.69) is 15.0 Å². The molecule has 0 aliphatic heterocycles. The SMILES string of the molecule is COc1ncc(C(=O)N[C@@H](C)C2CC2)cc1-c1cccc(OC(F)(F)F)c1. The quantitative estimate of drug-likeness (QED) is 0.817. The molecule has 1 aliphatic rings. The molecule has 3 rings (SSSR count). The van der Waals surface area contributed by atoms with E-state index >= 15 is 0 Å². The standard InChI is InChI=1S/C19H19F3N2O3/c1-11(12-6-7-12)24-17(25)14-9-16(18(26-2)23-10-14)13-4-3-5-15(8-13)27-19(20,21)22/h3-5,8-12H,6-7H2,1-2H3,(H,24,25)/t11-/m0/s1. The minimum absolute atomic E-state index is 0.0616. The number of benzene rings is 1. The van der Waals surface area contributed by atoms with Crippen molar-refractivity contribution in [3.8, 4) is 22.8 Å². The lowest BCUT2D eigenvalue weighted by Crippen LogP contribution is -2.34. The van der Waals surface area contributed by atoms with Crippen LogP contribution in [0.2, 0.25) is 0 Å². The maximum Gasteiger partial charge on any atom is 0.573 e. The van der Waals surface area contributed by atoms with Crippen molar-refractivity contribution in [1.29, 1.82) is 0 Å². The summed E-state index contributed by atoms with van der Waals surface area (Å²) in [5.74, 6) is 0.0505. The number of ether oxygens (including phenoxy) is 2. The first-order valence-electron chi connectivity index (χ1n) is 8.48. The third-order valence-electron chi connectivity index (χ3n) is 4.37. The third kappa shape index (κ3) is 4.90. The van der Waals surface area contributed by atoms with E-state index in [-0.39, 0.29) is 23.6 Å². The molecule has 1 saturated carbocycles. The fourth-order valence-corrected chi connectivity index (χ4v) is 2.81. The number of aromatic nitrogens is 1. The van der Waals surface area contributed by atoms with Crippen LogP contribution in [0.1, 0.15) is 30.1 Å². The first-order chi connectivity index (χ1) is 12.8. The summed E-state index contributed by atoms with van der Waals surface area (Å²) >= 11 is 0. The van der Waals surface area contributed by atoms with Crippen LogP contribution in [0.5, 0.6) is 11.6 Å². The summed E-state index contributed by atoms with van der Waals surface area (Å²) in [5, 5.41) is 2.92. The average molecular weight is 380 g/mol. The molecule has 2 aromatic rings. The molecular formula is C19H19F3N2O3. The molecule has 0 radical (unpaired) electrons. The summed E-state index contributed by atoms with van der Waals surface area (Å²) in [6.45, 7) is 1.95. The maximum atomic E-state index is 12.5. The van der Waals surface area contributed by atoms with Gasteiger partial charge in [0.25, 0.3) is 5.91 Å². The van der Waals surface area contributed by atoms with Gasteiger partial charge in [-0.2, -0.15) is 0 Å². The van der Waals surface area contributed by atoms with E-state index in [1.165, 1.54) is 31.5 Å². The van der Waals surface area contributed by atoms with Gasteiger partial charge in [-0.3, -0.25) is 4.79 Å². The number of hydrogen-bond donors (Lipinski definition) is 1. The van der Waals surface area contributed by atoms with Crippen molar-refractivity contribution < 1.29 is 27.4 Å². The molecule has 1 amide bonds. The van der Waals surface area contributed by atoms with Gasteiger partial charge in [0.05, 0.1) is 12.7 Å². The molecule has 1 atom stereocenters. The van der Waals surface area contributed by atoms with Crippen LogP contribution in [0.4, 0.5) is 13.2 Å². The molecule has 1 fully saturated rings. The number of amides is 1. The summed E-state index contributed by atoms with van der Waals surface area (Å²) in [4.78, 5) is 16.6. The van der Waals surface area contributed by atoms with Crippen molar-refractivity contribution in [3.05, 3.63) is 42.1 Å². The minimum atomic E-state index is -4.79. The molecule has 0 saturated heterocycles. The van der Waals surface area contributed by atoms with E-state index < -0.39 is 6.36 Å². The van der Waals surface area contributed by atoms with E-state index in [1.54, 1.807) is 12.1 Å². The summed E-state index contributed by atoms with van der Waals surface area (Å²) < 4.78 is 46.6. The van der Waals surface area contributed by atoms with Crippen LogP contribution >= 0.6 is 0 Å². The van der Waals surface area contributed by atoms with Gasteiger partial charge >= 0.3 is 6.36 Å². The highest BCUT2D eigenvalue weighted by atomic mass is 19.4. The van der Waals surface area contributed by atoms with Gasteiger partial charge in [0.1, 0.15) is 5.75 Å². The molecule has 1 aromatic heterocycles. The minimum Gasteiger partial charge on any atom is -0.481 e. The van der Waals surface area contributed by atoms with Gasteiger partial charge in [0.15, 0.2) is 0 Å². The molecule has 0 spiro atoms. The van der Waals surface area contributed by atoms with Crippen molar-refractivity contribution in [2.24, 2.45) is 5.92 Å². The average Bonchev–Trinajstić information content (AvgIpc) is 3.45. The van der Waals surface area contributed by atoms with Crippen LogP contribution < -0.4 is 14.8 Å². The Bertz CT molecular complexity index is 835. The Balaban J connectivity index is 1.89. The van der Waals surface area contributed by atoms with Crippen molar-refractivity contribution >= 4 is 5.91 Å². The normalized spacial score (nSPS) is 15.1. The second-order valence-electron chi connectivity index (χ2n) is 6.46. The topological polar surface area (TPSA) is 60.5 Å². The van der Waals surface area contributed by atoms with Crippen molar-refractivity contribution in [1.82, 2.24) is 10.3 Å². The first-order valence-corrected chi connectivity index (χ1v) is 8.48. The summed E-state index contributed by atoms with van der Waals surface area (Å²) in [6, 6.07) is 7.06. The predicted octanol–water partition coefficient (Wildman–Crippen LogP) is 4.18. The molecule has 0 bridgehead atoms. The largest absolute Gasteiger partial charge is 0.573 e. The molecule has 1 aromatic carbocycles. The number of hydrogen-bond acceptors (Lipinski definition) is 4. The van der Waals surface area contributed by atoms with E-state index in [0.717, 1.165) is 12.8 Å². The van der Waals surface area contributed by atoms with E-state index in [4.69, 9.17) is 4.74 Å². The zero-order chi connectivity index (χ0) is 19.6. The monoisotopic (exact) mass is 380 g/mol. The number of methoxy groups -OCH3 is 1. The lowest BCUT2D eigenvalue weighted by Gasteiger charge is -2.15. The van der Waals surface area contributed by atoms with E-state index in [0.29, 0.717) is 22.6 Å². The molecule has 144 valence electrons. The van der Waals surface area contributed by atoms with E-state index in [9.17, 15) is 18.0 Å². The second kappa shape index (κ2) is 7.46. The smallest absolute Gasteiger partial charge is 0.481 e. The Morgan fingerprint density at radius 2 is 2.04 bits per heavy atom. The molecule has 1 N–H and O–H groups in total. The molecule has 5 nitrogen and oxygen atoms in total. The second-order valence-corrected chi connectivity index (χ2v) is 6.46. The van der Waals surface area contributed by atoms with Gasteiger partial charge in [-0.05, 0) is 49.4 Å². The Morgan fingerprint density at radius 1 is 1.30 bits per heavy atom. The van der Waals surface area contributed by atoms with Crippen molar-refractivity contribution in [2.45, 2.75) is 32.2 Å². The van der Waals surface area contributed by atoms with Gasteiger partial charge < -0.3 is 14.8 Å². The number of carbonyl (C=O) groups is 1. The summed E-state index contributed by atoms with van der Waals surface area (Å²) in [7, 11) is 1.40. The highest BCUT2D eigenvalue weighted by Crippen LogP contribution is 2.34. The fourth-order valence-electron chi connectivity index (χ4n) is 2.81. The predicted molar refractivity (Wildman–Crippen MR) is 92.6 cm³/mol. The maximum absolute atomic E-state index is 12.5. The van der Waals surface area contributed by atoms with Gasteiger partial charge in [-0.15, -0.1) is 13.2 Å². The van der Waals surface area contributed by atoms with Crippen LogP contribution in [0.15, 0.2) is 36.5 Å². The van der Waals surface area contributed by atoms with Gasteiger partial charge in [0.2, 0.25) is 5.88 Å². The molecule has 1 heterocycles. The number of alkyl halides is 3. The van der Waals surface area contributed by atoms with E-state index in [1.807, 2.05) is 6.92 Å². The van der Waals surface area contributed by atoms with Gasteiger partial charge in [-0.25, -0.2) is 4.98 Å². The van der Waals surface area contributed by atoms with Gasteiger partial charge in [-0.1, -0.05) is 12.1 Å². The number of nitrogens with one attached hydrogen (secondary N) is 1. The fraction of sp³-hybridized carbons (Fsp3) is 0.368. The number of rotatable bonds is 6. The Morgan fingerprint density at radius 3 is 2.67 bits per heavy atom. The zero-order valence-electron chi connectivity index (χ0n) is 14.8. The lowest BCUT2D eigenvalue weighted by molar-refractivity contribution is -0.274. The number of halogens is 3.